The van der Waals surface area contributed by atoms with E-state index in [0.717, 1.165) is 22.6 Å². The Kier molecular flexibility index (Phi) is 4.19. The summed E-state index contributed by atoms with van der Waals surface area (Å²) >= 11 is 1.08. The summed E-state index contributed by atoms with van der Waals surface area (Å²) in [5, 5.41) is 12.8. The summed E-state index contributed by atoms with van der Waals surface area (Å²) in [7, 11) is -3.90. The number of aromatic carboxylic acids is 1. The molecule has 2 aromatic rings. The van der Waals surface area contributed by atoms with Gasteiger partial charge in [0.05, 0.1) is 17.9 Å². The Balaban J connectivity index is 1.80. The van der Waals surface area contributed by atoms with Gasteiger partial charge in [-0.15, -0.1) is 11.3 Å². The highest BCUT2D eigenvalue weighted by Gasteiger charge is 2.42. The molecule has 0 radical (unpaired) electrons. The second-order valence-electron chi connectivity index (χ2n) is 6.19. The number of nitrogens with zero attached hydrogens (tertiary/aromatic N) is 1. The van der Waals surface area contributed by atoms with Gasteiger partial charge < -0.3 is 14.8 Å². The third-order valence-electron chi connectivity index (χ3n) is 4.73. The number of carboxylic acid groups (broad SMARTS) is 1. The van der Waals surface area contributed by atoms with Crippen LogP contribution in [0.2, 0.25) is 0 Å². The van der Waals surface area contributed by atoms with E-state index in [1.165, 1.54) is 10.6 Å². The maximum absolute atomic E-state index is 13.3. The maximum atomic E-state index is 13.3. The van der Waals surface area contributed by atoms with Crippen molar-refractivity contribution < 1.29 is 22.7 Å². The van der Waals surface area contributed by atoms with E-state index in [9.17, 15) is 18.3 Å². The zero-order valence-corrected chi connectivity index (χ0v) is 15.0. The summed E-state index contributed by atoms with van der Waals surface area (Å²) in [5.74, 6) is -0.576. The molecule has 25 heavy (non-hydrogen) atoms. The van der Waals surface area contributed by atoms with Crippen LogP contribution >= 0.6 is 11.3 Å². The predicted molar refractivity (Wildman–Crippen MR) is 91.3 cm³/mol. The van der Waals surface area contributed by atoms with E-state index in [0.29, 0.717) is 43.8 Å². The highest BCUT2D eigenvalue weighted by molar-refractivity contribution is 7.91. The van der Waals surface area contributed by atoms with Crippen LogP contribution in [0, 0.1) is 0 Å². The molecular weight excluding hydrogens is 364 g/mol. The number of rotatable bonds is 4. The molecule has 0 aliphatic carbocycles. The van der Waals surface area contributed by atoms with Crippen molar-refractivity contribution in [1.82, 2.24) is 9.62 Å². The van der Waals surface area contributed by atoms with Gasteiger partial charge >= 0.3 is 5.97 Å². The molecule has 1 saturated heterocycles. The highest BCUT2D eigenvalue weighted by atomic mass is 32.2. The first-order chi connectivity index (χ1) is 12.0. The van der Waals surface area contributed by atoms with Gasteiger partial charge in [-0.2, -0.15) is 4.31 Å². The molecule has 1 fully saturated rings. The average molecular weight is 382 g/mol. The van der Waals surface area contributed by atoms with Crippen LogP contribution in [0.3, 0.4) is 0 Å². The van der Waals surface area contributed by atoms with E-state index in [-0.39, 0.29) is 15.8 Å². The standard InChI is InChI=1S/C16H18N2O5S2/c19-15(20)14-10-5-6-17-9-13(10)24-16(14)25(21,22)18-7-1-3-11(18)12-4-2-8-23-12/h2,4,8,11,17H,1,3,5-7,9H2,(H,19,20)/t11-/m1/s1. The number of hydrogen-bond donors (Lipinski definition) is 2. The van der Waals surface area contributed by atoms with Gasteiger partial charge in [0.2, 0.25) is 0 Å². The topological polar surface area (TPSA) is 99.8 Å². The maximum Gasteiger partial charge on any atom is 0.338 e. The molecule has 2 N–H and O–H groups in total. The quantitative estimate of drug-likeness (QED) is 0.841. The van der Waals surface area contributed by atoms with Crippen molar-refractivity contribution in [3.63, 3.8) is 0 Å². The molecule has 7 nitrogen and oxygen atoms in total. The minimum Gasteiger partial charge on any atom is -0.478 e. The molecule has 2 aliphatic heterocycles. The molecule has 0 saturated carbocycles. The summed E-state index contributed by atoms with van der Waals surface area (Å²) in [6.45, 7) is 1.53. The second kappa shape index (κ2) is 6.24. The van der Waals surface area contributed by atoms with Gasteiger partial charge in [-0.1, -0.05) is 0 Å². The molecule has 0 amide bonds. The van der Waals surface area contributed by atoms with Gasteiger partial charge in [0, 0.05) is 18.0 Å². The Labute approximate surface area is 149 Å². The number of thiophene rings is 1. The lowest BCUT2D eigenvalue weighted by Crippen LogP contribution is -2.31. The first kappa shape index (κ1) is 16.8. The van der Waals surface area contributed by atoms with Crippen molar-refractivity contribution in [3.05, 3.63) is 40.2 Å². The van der Waals surface area contributed by atoms with Gasteiger partial charge in [-0.25, -0.2) is 13.2 Å². The number of nitrogens with one attached hydrogen (secondary N) is 1. The van der Waals surface area contributed by atoms with Crippen molar-refractivity contribution in [2.75, 3.05) is 13.1 Å². The Bertz CT molecular complexity index is 901. The van der Waals surface area contributed by atoms with Crippen LogP contribution in [0.5, 0.6) is 0 Å². The van der Waals surface area contributed by atoms with Crippen LogP contribution in [-0.4, -0.2) is 36.9 Å². The van der Waals surface area contributed by atoms with Gasteiger partial charge in [-0.05, 0) is 43.5 Å². The van der Waals surface area contributed by atoms with Gasteiger partial charge in [-0.3, -0.25) is 0 Å². The number of hydrogen-bond acceptors (Lipinski definition) is 6. The third kappa shape index (κ3) is 2.71. The van der Waals surface area contributed by atoms with E-state index in [2.05, 4.69) is 5.32 Å². The minimum atomic E-state index is -3.90. The largest absolute Gasteiger partial charge is 0.478 e. The summed E-state index contributed by atoms with van der Waals surface area (Å²) in [5.41, 5.74) is 0.607. The number of carboxylic acids is 1. The number of sulfonamides is 1. The van der Waals surface area contributed by atoms with Crippen LogP contribution in [0.1, 0.15) is 45.4 Å². The Morgan fingerprint density at radius 3 is 3.00 bits per heavy atom. The molecule has 134 valence electrons. The van der Waals surface area contributed by atoms with E-state index >= 15 is 0 Å². The summed E-state index contributed by atoms with van der Waals surface area (Å²) in [6.07, 6.45) is 3.45. The molecule has 4 rings (SSSR count). The fourth-order valence-corrected chi connectivity index (χ4v) is 7.25. The van der Waals surface area contributed by atoms with Crippen molar-refractivity contribution >= 4 is 27.3 Å². The van der Waals surface area contributed by atoms with Crippen LogP contribution in [0.15, 0.2) is 27.0 Å². The summed E-state index contributed by atoms with van der Waals surface area (Å²) in [4.78, 5) is 12.6. The van der Waals surface area contributed by atoms with Gasteiger partial charge in [0.25, 0.3) is 10.0 Å². The number of furan rings is 1. The van der Waals surface area contributed by atoms with Crippen molar-refractivity contribution in [2.24, 2.45) is 0 Å². The van der Waals surface area contributed by atoms with E-state index in [1.54, 1.807) is 12.1 Å². The summed E-state index contributed by atoms with van der Waals surface area (Å²) < 4.78 is 33.3. The Hall–Kier alpha value is -1.68. The van der Waals surface area contributed by atoms with E-state index < -0.39 is 16.0 Å². The normalized spacial score (nSPS) is 21.4. The molecule has 2 aromatic heterocycles. The fraction of sp³-hybridized carbons (Fsp3) is 0.438. The molecule has 9 heteroatoms. The molecule has 0 aromatic carbocycles. The molecule has 1 atom stereocenters. The van der Waals surface area contributed by atoms with Crippen LogP contribution in [0.4, 0.5) is 0 Å². The van der Waals surface area contributed by atoms with E-state index in [1.807, 2.05) is 0 Å². The average Bonchev–Trinajstić information content (AvgIpc) is 3.31. The molecule has 4 heterocycles. The van der Waals surface area contributed by atoms with Crippen molar-refractivity contribution in [3.8, 4) is 0 Å². The molecular formula is C16H18N2O5S2. The Morgan fingerprint density at radius 1 is 1.44 bits per heavy atom. The molecule has 0 unspecified atom stereocenters. The zero-order chi connectivity index (χ0) is 17.6. The van der Waals surface area contributed by atoms with Crippen molar-refractivity contribution in [2.45, 2.75) is 36.1 Å². The summed E-state index contributed by atoms with van der Waals surface area (Å²) in [6, 6.07) is 3.12. The van der Waals surface area contributed by atoms with Gasteiger partial charge in [0.15, 0.2) is 0 Å². The molecule has 0 bridgehead atoms. The van der Waals surface area contributed by atoms with Crippen LogP contribution < -0.4 is 5.32 Å². The van der Waals surface area contributed by atoms with Crippen LogP contribution in [0.25, 0.3) is 0 Å². The first-order valence-corrected chi connectivity index (χ1v) is 10.4. The van der Waals surface area contributed by atoms with E-state index in [4.69, 9.17) is 4.42 Å². The highest BCUT2D eigenvalue weighted by Crippen LogP contribution is 2.41. The SMILES string of the molecule is O=C(O)c1c(S(=O)(=O)N2CCC[C@@H]2c2ccco2)sc2c1CCNC2. The number of fused-ring (bicyclic) bond motifs is 1. The zero-order valence-electron chi connectivity index (χ0n) is 13.4. The lowest BCUT2D eigenvalue weighted by molar-refractivity contribution is 0.0692. The minimum absolute atomic E-state index is 0.0489. The monoisotopic (exact) mass is 382 g/mol. The first-order valence-electron chi connectivity index (χ1n) is 8.14. The number of carbonyl (C=O) groups is 1. The molecule has 0 spiro atoms. The Morgan fingerprint density at radius 2 is 2.28 bits per heavy atom. The lowest BCUT2D eigenvalue weighted by atomic mass is 10.1. The van der Waals surface area contributed by atoms with Gasteiger partial charge in [0.1, 0.15) is 9.97 Å². The van der Waals surface area contributed by atoms with Crippen LogP contribution in [-0.2, 0) is 23.0 Å². The lowest BCUT2D eigenvalue weighted by Gasteiger charge is -2.22. The fourth-order valence-electron chi connectivity index (χ4n) is 3.61. The third-order valence-corrected chi connectivity index (χ3v) is 8.36. The molecule has 2 aliphatic rings. The van der Waals surface area contributed by atoms with Crippen molar-refractivity contribution in [1.29, 1.82) is 0 Å². The second-order valence-corrected chi connectivity index (χ2v) is 9.38. The smallest absolute Gasteiger partial charge is 0.338 e. The predicted octanol–water partition coefficient (Wildman–Crippen LogP) is 2.21.